The number of amides is 1. The minimum Gasteiger partial charge on any atom is -0.493 e. The molecule has 1 aliphatic heterocycles. The molecule has 152 valence electrons. The maximum absolute atomic E-state index is 12.8. The summed E-state index contributed by atoms with van der Waals surface area (Å²) < 4.78 is 37.8. The maximum atomic E-state index is 12.8. The highest BCUT2D eigenvalue weighted by atomic mass is 32.2. The van der Waals surface area contributed by atoms with E-state index >= 15 is 0 Å². The van der Waals surface area contributed by atoms with E-state index in [1.54, 1.807) is 36.3 Å². The van der Waals surface area contributed by atoms with E-state index in [1.165, 1.54) is 4.31 Å². The smallest absolute Gasteiger partial charge is 0.289 e. The molecule has 1 saturated heterocycles. The Balaban J connectivity index is 1.43. The quantitative estimate of drug-likeness (QED) is 0.641. The molecule has 2 aromatic carbocycles. The summed E-state index contributed by atoms with van der Waals surface area (Å²) in [5.74, 6) is 0.511. The zero-order chi connectivity index (χ0) is 20.4. The largest absolute Gasteiger partial charge is 0.493 e. The lowest BCUT2D eigenvalue weighted by atomic mass is 10.2. The van der Waals surface area contributed by atoms with Crippen molar-refractivity contribution >= 4 is 26.9 Å². The topological polar surface area (TPSA) is 80.1 Å². The zero-order valence-electron chi connectivity index (χ0n) is 16.1. The SMILES string of the molecule is COc1cccc2cc(C(=O)N3CCN(S(=O)(=O)Cc4ccccc4)CC3)oc12. The molecule has 0 bridgehead atoms. The van der Waals surface area contributed by atoms with Gasteiger partial charge in [-0.05, 0) is 17.7 Å². The summed E-state index contributed by atoms with van der Waals surface area (Å²) in [6.45, 7) is 1.18. The fraction of sp³-hybridized carbons (Fsp3) is 0.286. The maximum Gasteiger partial charge on any atom is 0.289 e. The highest BCUT2D eigenvalue weighted by Crippen LogP contribution is 2.29. The van der Waals surface area contributed by atoms with E-state index < -0.39 is 10.0 Å². The number of carbonyl (C=O) groups is 1. The molecule has 0 saturated carbocycles. The highest BCUT2D eigenvalue weighted by molar-refractivity contribution is 7.88. The van der Waals surface area contributed by atoms with Crippen LogP contribution >= 0.6 is 0 Å². The number of hydrogen-bond acceptors (Lipinski definition) is 5. The van der Waals surface area contributed by atoms with Crippen molar-refractivity contribution in [1.82, 2.24) is 9.21 Å². The van der Waals surface area contributed by atoms with Gasteiger partial charge >= 0.3 is 0 Å². The monoisotopic (exact) mass is 414 g/mol. The van der Waals surface area contributed by atoms with Gasteiger partial charge in [-0.15, -0.1) is 0 Å². The molecule has 7 nitrogen and oxygen atoms in total. The molecular formula is C21H22N2O5S. The molecule has 0 unspecified atom stereocenters. The van der Waals surface area contributed by atoms with Crippen molar-refractivity contribution in [3.8, 4) is 5.75 Å². The number of benzene rings is 2. The van der Waals surface area contributed by atoms with Crippen molar-refractivity contribution < 1.29 is 22.4 Å². The summed E-state index contributed by atoms with van der Waals surface area (Å²) in [6, 6.07) is 16.3. The van der Waals surface area contributed by atoms with Gasteiger partial charge in [-0.1, -0.05) is 42.5 Å². The number of rotatable bonds is 5. The number of furan rings is 1. The van der Waals surface area contributed by atoms with E-state index in [4.69, 9.17) is 9.15 Å². The minimum absolute atomic E-state index is 0.0366. The van der Waals surface area contributed by atoms with Gasteiger partial charge in [-0.25, -0.2) is 8.42 Å². The Morgan fingerprint density at radius 2 is 1.76 bits per heavy atom. The molecule has 2 heterocycles. The molecule has 29 heavy (non-hydrogen) atoms. The van der Waals surface area contributed by atoms with E-state index in [0.717, 1.165) is 10.9 Å². The first-order valence-corrected chi connectivity index (χ1v) is 11.0. The third-order valence-electron chi connectivity index (χ3n) is 5.05. The number of piperazine rings is 1. The molecule has 8 heteroatoms. The molecule has 1 aliphatic rings. The lowest BCUT2D eigenvalue weighted by Crippen LogP contribution is -2.50. The standard InChI is InChI=1S/C21H22N2O5S/c1-27-18-9-5-8-17-14-19(28-20(17)18)21(24)22-10-12-23(13-11-22)29(25,26)15-16-6-3-2-4-7-16/h2-9,14H,10-13,15H2,1H3. The lowest BCUT2D eigenvalue weighted by Gasteiger charge is -2.33. The summed E-state index contributed by atoms with van der Waals surface area (Å²) in [5.41, 5.74) is 1.28. The number of ether oxygens (including phenoxy) is 1. The molecule has 0 atom stereocenters. The van der Waals surface area contributed by atoms with Gasteiger partial charge in [0.1, 0.15) is 0 Å². The Morgan fingerprint density at radius 3 is 2.45 bits per heavy atom. The normalized spacial score (nSPS) is 15.6. The van der Waals surface area contributed by atoms with Crippen molar-refractivity contribution in [3.63, 3.8) is 0 Å². The van der Waals surface area contributed by atoms with Crippen LogP contribution in [0.2, 0.25) is 0 Å². The predicted molar refractivity (Wildman–Crippen MR) is 109 cm³/mol. The number of fused-ring (bicyclic) bond motifs is 1. The van der Waals surface area contributed by atoms with E-state index in [1.807, 2.05) is 30.3 Å². The summed E-state index contributed by atoms with van der Waals surface area (Å²) in [6.07, 6.45) is 0. The summed E-state index contributed by atoms with van der Waals surface area (Å²) in [7, 11) is -1.87. The summed E-state index contributed by atoms with van der Waals surface area (Å²) >= 11 is 0. The number of sulfonamides is 1. The van der Waals surface area contributed by atoms with E-state index in [-0.39, 0.29) is 30.5 Å². The predicted octanol–water partition coefficient (Wildman–Crippen LogP) is 2.73. The van der Waals surface area contributed by atoms with Crippen LogP contribution < -0.4 is 4.74 Å². The van der Waals surface area contributed by atoms with Crippen LogP contribution in [0.25, 0.3) is 11.0 Å². The van der Waals surface area contributed by atoms with Gasteiger partial charge in [0.15, 0.2) is 17.1 Å². The van der Waals surface area contributed by atoms with Crippen molar-refractivity contribution in [2.24, 2.45) is 0 Å². The fourth-order valence-corrected chi connectivity index (χ4v) is 5.02. The molecule has 0 aliphatic carbocycles. The van der Waals surface area contributed by atoms with Gasteiger partial charge in [-0.2, -0.15) is 4.31 Å². The fourth-order valence-electron chi connectivity index (χ4n) is 3.50. The van der Waals surface area contributed by atoms with Crippen molar-refractivity contribution in [2.45, 2.75) is 5.75 Å². The molecule has 0 radical (unpaired) electrons. The molecular weight excluding hydrogens is 392 g/mol. The second-order valence-corrected chi connectivity index (χ2v) is 8.89. The van der Waals surface area contributed by atoms with E-state index in [9.17, 15) is 13.2 Å². The average Bonchev–Trinajstić information content (AvgIpc) is 3.18. The average molecular weight is 414 g/mol. The first-order valence-electron chi connectivity index (χ1n) is 9.35. The lowest BCUT2D eigenvalue weighted by molar-refractivity contribution is 0.0668. The zero-order valence-corrected chi connectivity index (χ0v) is 16.9. The van der Waals surface area contributed by atoms with Crippen LogP contribution in [0.5, 0.6) is 5.75 Å². The molecule has 0 spiro atoms. The highest BCUT2D eigenvalue weighted by Gasteiger charge is 2.30. The van der Waals surface area contributed by atoms with Crippen LogP contribution in [0.4, 0.5) is 0 Å². The third kappa shape index (κ3) is 3.99. The van der Waals surface area contributed by atoms with Crippen LogP contribution in [0.15, 0.2) is 59.0 Å². The van der Waals surface area contributed by atoms with Gasteiger partial charge < -0.3 is 14.1 Å². The molecule has 3 aromatic rings. The molecule has 1 aromatic heterocycles. The Morgan fingerprint density at radius 1 is 1.03 bits per heavy atom. The van der Waals surface area contributed by atoms with Gasteiger partial charge in [0.25, 0.3) is 5.91 Å². The minimum atomic E-state index is -3.42. The number of nitrogens with zero attached hydrogens (tertiary/aromatic N) is 2. The van der Waals surface area contributed by atoms with Crippen LogP contribution in [0, 0.1) is 0 Å². The first kappa shape index (κ1) is 19.5. The second-order valence-electron chi connectivity index (χ2n) is 6.92. The second kappa shape index (κ2) is 7.88. The Labute approximate surface area is 169 Å². The number of methoxy groups -OCH3 is 1. The number of carbonyl (C=O) groups excluding carboxylic acids is 1. The van der Waals surface area contributed by atoms with E-state index in [2.05, 4.69) is 0 Å². The number of hydrogen-bond donors (Lipinski definition) is 0. The van der Waals surface area contributed by atoms with Crippen LogP contribution in [0.3, 0.4) is 0 Å². The third-order valence-corrected chi connectivity index (χ3v) is 6.90. The molecule has 0 N–H and O–H groups in total. The molecule has 4 rings (SSSR count). The van der Waals surface area contributed by atoms with Gasteiger partial charge in [0, 0.05) is 31.6 Å². The van der Waals surface area contributed by atoms with Crippen molar-refractivity contribution in [2.75, 3.05) is 33.3 Å². The van der Waals surface area contributed by atoms with Crippen molar-refractivity contribution in [1.29, 1.82) is 0 Å². The first-order chi connectivity index (χ1) is 14.0. The van der Waals surface area contributed by atoms with Crippen LogP contribution in [-0.4, -0.2) is 56.8 Å². The van der Waals surface area contributed by atoms with Gasteiger partial charge in [0.05, 0.1) is 12.9 Å². The van der Waals surface area contributed by atoms with Gasteiger partial charge in [-0.3, -0.25) is 4.79 Å². The Bertz CT molecular complexity index is 1120. The molecule has 1 amide bonds. The Kier molecular flexibility index (Phi) is 5.29. The molecule has 1 fully saturated rings. The van der Waals surface area contributed by atoms with Crippen LogP contribution in [0.1, 0.15) is 16.1 Å². The van der Waals surface area contributed by atoms with Crippen LogP contribution in [-0.2, 0) is 15.8 Å². The summed E-state index contributed by atoms with van der Waals surface area (Å²) in [5, 5.41) is 0.789. The van der Waals surface area contributed by atoms with Crippen molar-refractivity contribution in [3.05, 3.63) is 65.9 Å². The Hall–Kier alpha value is -2.84. The van der Waals surface area contributed by atoms with E-state index in [0.29, 0.717) is 24.4 Å². The number of para-hydroxylation sites is 1. The van der Waals surface area contributed by atoms with Gasteiger partial charge in [0.2, 0.25) is 10.0 Å². The summed E-state index contributed by atoms with van der Waals surface area (Å²) in [4.78, 5) is 14.5.